The lowest BCUT2D eigenvalue weighted by molar-refractivity contribution is -0.115. The molecule has 1 aromatic heterocycles. The first-order chi connectivity index (χ1) is 14.2. The van der Waals surface area contributed by atoms with E-state index in [4.69, 9.17) is 0 Å². The van der Waals surface area contributed by atoms with Gasteiger partial charge in [0.05, 0.1) is 15.8 Å². The predicted octanol–water partition coefficient (Wildman–Crippen LogP) is 1.74. The zero-order chi connectivity index (χ0) is 21.9. The summed E-state index contributed by atoms with van der Waals surface area (Å²) < 4.78 is 27.1. The minimum atomic E-state index is -3.61. The first-order valence-electron chi connectivity index (χ1n) is 8.76. The van der Waals surface area contributed by atoms with Gasteiger partial charge in [-0.25, -0.2) is 12.7 Å². The Balaban J connectivity index is 1.73. The summed E-state index contributed by atoms with van der Waals surface area (Å²) >= 11 is 1.14. The number of phenolic OH excluding ortho intramolecular Hbond substituents is 1. The van der Waals surface area contributed by atoms with Crippen molar-refractivity contribution in [2.75, 3.05) is 19.4 Å². The van der Waals surface area contributed by atoms with Gasteiger partial charge in [-0.1, -0.05) is 17.8 Å². The largest absolute Gasteiger partial charge is 0.508 e. The van der Waals surface area contributed by atoms with E-state index in [2.05, 4.69) is 20.8 Å². The van der Waals surface area contributed by atoms with Gasteiger partial charge in [0.2, 0.25) is 21.1 Å². The van der Waals surface area contributed by atoms with E-state index in [1.807, 2.05) is 0 Å². The number of sulfonamides is 1. The average Bonchev–Trinajstić information content (AvgIpc) is 3.16. The van der Waals surface area contributed by atoms with Gasteiger partial charge >= 0.3 is 0 Å². The lowest BCUT2D eigenvalue weighted by Crippen LogP contribution is -2.24. The van der Waals surface area contributed by atoms with Gasteiger partial charge in [-0.15, -0.1) is 5.10 Å². The summed E-state index contributed by atoms with van der Waals surface area (Å²) in [4.78, 5) is 12.7. The van der Waals surface area contributed by atoms with Crippen molar-refractivity contribution >= 4 is 33.4 Å². The molecule has 1 amide bonds. The summed E-state index contributed by atoms with van der Waals surface area (Å²) in [7, 11) is -0.723. The number of nitrogens with one attached hydrogen (secondary N) is 1. The van der Waals surface area contributed by atoms with E-state index in [0.717, 1.165) is 16.1 Å². The Kier molecular flexibility index (Phi) is 6.39. The van der Waals surface area contributed by atoms with Crippen LogP contribution in [-0.4, -0.2) is 63.3 Å². The Morgan fingerprint density at radius 2 is 1.90 bits per heavy atom. The Morgan fingerprint density at radius 3 is 2.57 bits per heavy atom. The second-order valence-electron chi connectivity index (χ2n) is 6.45. The molecule has 0 spiro atoms. The summed E-state index contributed by atoms with van der Waals surface area (Å²) in [5.41, 5.74) is 1.00. The molecule has 0 saturated heterocycles. The van der Waals surface area contributed by atoms with Crippen molar-refractivity contribution in [3.63, 3.8) is 0 Å². The Hall–Kier alpha value is -2.96. The van der Waals surface area contributed by atoms with Gasteiger partial charge < -0.3 is 10.4 Å². The van der Waals surface area contributed by atoms with Crippen molar-refractivity contribution in [2.24, 2.45) is 0 Å². The molecule has 0 aliphatic heterocycles. The number of thioether (sulfide) groups is 1. The van der Waals surface area contributed by atoms with Gasteiger partial charge in [0, 0.05) is 19.8 Å². The molecule has 0 fully saturated rings. The highest BCUT2D eigenvalue weighted by atomic mass is 32.2. The third-order valence-corrected chi connectivity index (χ3v) is 6.91. The molecule has 2 aromatic carbocycles. The van der Waals surface area contributed by atoms with E-state index in [0.29, 0.717) is 16.5 Å². The highest BCUT2D eigenvalue weighted by molar-refractivity contribution is 8.00. The quantitative estimate of drug-likeness (QED) is 0.523. The molecule has 30 heavy (non-hydrogen) atoms. The summed E-state index contributed by atoms with van der Waals surface area (Å²) in [5.74, 6) is -0.216. The van der Waals surface area contributed by atoms with Crippen LogP contribution in [0.25, 0.3) is 5.69 Å². The zero-order valence-electron chi connectivity index (χ0n) is 16.4. The van der Waals surface area contributed by atoms with Crippen LogP contribution in [0, 0.1) is 0 Å². The lowest BCUT2D eigenvalue weighted by atomic mass is 10.3. The van der Waals surface area contributed by atoms with Crippen LogP contribution in [0.3, 0.4) is 0 Å². The van der Waals surface area contributed by atoms with Gasteiger partial charge in [0.15, 0.2) is 0 Å². The Bertz CT molecular complexity index is 1150. The standard InChI is InChI=1S/C18H20N6O4S2/c1-12(29-18-20-21-22-24(18)14-7-9-15(25)10-8-14)17(26)19-13-5-4-6-16(11-13)30(27,28)23(2)3/h4-12,25H,1-3H3,(H,19,26). The predicted molar refractivity (Wildman–Crippen MR) is 112 cm³/mol. The molecule has 12 heteroatoms. The highest BCUT2D eigenvalue weighted by Crippen LogP contribution is 2.25. The topological polar surface area (TPSA) is 130 Å². The van der Waals surface area contributed by atoms with Crippen LogP contribution in [0.1, 0.15) is 6.92 Å². The molecule has 3 aromatic rings. The van der Waals surface area contributed by atoms with Crippen LogP contribution in [0.4, 0.5) is 5.69 Å². The smallest absolute Gasteiger partial charge is 0.242 e. The summed E-state index contributed by atoms with van der Waals surface area (Å²) in [5, 5.41) is 23.5. The SMILES string of the molecule is CC(Sc1nnnn1-c1ccc(O)cc1)C(=O)Nc1cccc(S(=O)(=O)N(C)C)c1. The fourth-order valence-electron chi connectivity index (χ4n) is 2.41. The molecule has 1 heterocycles. The fourth-order valence-corrected chi connectivity index (χ4v) is 4.16. The summed E-state index contributed by atoms with van der Waals surface area (Å²) in [6.45, 7) is 1.69. The van der Waals surface area contributed by atoms with Gasteiger partial charge in [-0.2, -0.15) is 4.68 Å². The maximum Gasteiger partial charge on any atom is 0.242 e. The van der Waals surface area contributed by atoms with Crippen molar-refractivity contribution in [3.05, 3.63) is 48.5 Å². The number of nitrogens with zero attached hydrogens (tertiary/aromatic N) is 5. The molecule has 158 valence electrons. The van der Waals surface area contributed by atoms with Crippen molar-refractivity contribution in [1.82, 2.24) is 24.5 Å². The number of tetrazole rings is 1. The molecular formula is C18H20N6O4S2. The lowest BCUT2D eigenvalue weighted by Gasteiger charge is -2.14. The molecule has 3 rings (SSSR count). The average molecular weight is 449 g/mol. The monoisotopic (exact) mass is 448 g/mol. The number of carbonyl (C=O) groups excluding carboxylic acids is 1. The molecule has 2 N–H and O–H groups in total. The van der Waals surface area contributed by atoms with Crippen LogP contribution >= 0.6 is 11.8 Å². The van der Waals surface area contributed by atoms with E-state index in [1.165, 1.54) is 43.0 Å². The summed E-state index contributed by atoms with van der Waals surface area (Å²) in [6.07, 6.45) is 0. The molecular weight excluding hydrogens is 428 g/mol. The minimum absolute atomic E-state index is 0.0851. The number of aromatic hydroxyl groups is 1. The van der Waals surface area contributed by atoms with E-state index in [1.54, 1.807) is 31.2 Å². The number of rotatable bonds is 7. The zero-order valence-corrected chi connectivity index (χ0v) is 18.1. The fraction of sp³-hybridized carbons (Fsp3) is 0.222. The Morgan fingerprint density at radius 1 is 1.20 bits per heavy atom. The van der Waals surface area contributed by atoms with E-state index in [-0.39, 0.29) is 16.6 Å². The number of hydrogen-bond donors (Lipinski definition) is 2. The number of benzene rings is 2. The first-order valence-corrected chi connectivity index (χ1v) is 11.1. The third kappa shape index (κ3) is 4.78. The normalized spacial score (nSPS) is 12.7. The second-order valence-corrected chi connectivity index (χ2v) is 9.91. The highest BCUT2D eigenvalue weighted by Gasteiger charge is 2.21. The van der Waals surface area contributed by atoms with Crippen LogP contribution in [0.2, 0.25) is 0 Å². The van der Waals surface area contributed by atoms with Crippen LogP contribution in [0.5, 0.6) is 5.75 Å². The van der Waals surface area contributed by atoms with Crippen molar-refractivity contribution < 1.29 is 18.3 Å². The molecule has 0 aliphatic rings. The molecule has 10 nitrogen and oxygen atoms in total. The van der Waals surface area contributed by atoms with Crippen LogP contribution < -0.4 is 5.32 Å². The van der Waals surface area contributed by atoms with Crippen molar-refractivity contribution in [2.45, 2.75) is 22.2 Å². The maximum absolute atomic E-state index is 12.6. The van der Waals surface area contributed by atoms with Gasteiger partial charge in [0.25, 0.3) is 0 Å². The van der Waals surface area contributed by atoms with E-state index >= 15 is 0 Å². The third-order valence-electron chi connectivity index (χ3n) is 4.07. The minimum Gasteiger partial charge on any atom is -0.508 e. The maximum atomic E-state index is 12.6. The van der Waals surface area contributed by atoms with Gasteiger partial charge in [-0.05, 0) is 59.8 Å². The molecule has 0 bridgehead atoms. The Labute approximate surface area is 178 Å². The van der Waals surface area contributed by atoms with E-state index in [9.17, 15) is 18.3 Å². The molecule has 0 aliphatic carbocycles. The van der Waals surface area contributed by atoms with Gasteiger partial charge in [0.1, 0.15) is 5.75 Å². The number of phenols is 1. The molecule has 1 atom stereocenters. The number of anilines is 1. The number of hydrogen-bond acceptors (Lipinski definition) is 8. The van der Waals surface area contributed by atoms with Crippen LogP contribution in [0.15, 0.2) is 58.6 Å². The van der Waals surface area contributed by atoms with Crippen LogP contribution in [-0.2, 0) is 14.8 Å². The number of aromatic nitrogens is 4. The molecule has 0 saturated carbocycles. The number of carbonyl (C=O) groups is 1. The first kappa shape index (κ1) is 21.7. The van der Waals surface area contributed by atoms with Crippen molar-refractivity contribution in [1.29, 1.82) is 0 Å². The van der Waals surface area contributed by atoms with Gasteiger partial charge in [-0.3, -0.25) is 4.79 Å². The summed E-state index contributed by atoms with van der Waals surface area (Å²) in [6, 6.07) is 12.4. The van der Waals surface area contributed by atoms with Crippen molar-refractivity contribution in [3.8, 4) is 11.4 Å². The van der Waals surface area contributed by atoms with E-state index < -0.39 is 15.3 Å². The number of amides is 1. The second kappa shape index (κ2) is 8.81. The molecule has 0 radical (unpaired) electrons. The molecule has 1 unspecified atom stereocenters.